The van der Waals surface area contributed by atoms with Crippen molar-refractivity contribution in [3.63, 3.8) is 0 Å². The third-order valence-corrected chi connectivity index (χ3v) is 11.9. The fourth-order valence-corrected chi connectivity index (χ4v) is 7.28. The van der Waals surface area contributed by atoms with Crippen LogP contribution in [0.25, 0.3) is 0 Å². The van der Waals surface area contributed by atoms with E-state index in [1.807, 2.05) is 0 Å². The molecule has 2 aromatic rings. The summed E-state index contributed by atoms with van der Waals surface area (Å²) in [4.78, 5) is 146. The van der Waals surface area contributed by atoms with E-state index in [9.17, 15) is 73.2 Å². The molecule has 0 unspecified atom stereocenters. The van der Waals surface area contributed by atoms with E-state index in [1.54, 1.807) is 24.3 Å². The Morgan fingerprint density at radius 1 is 0.568 bits per heavy atom. The van der Waals surface area contributed by atoms with E-state index in [2.05, 4.69) is 26.6 Å². The van der Waals surface area contributed by atoms with Gasteiger partial charge < -0.3 is 46.5 Å². The minimum absolute atomic E-state index is 0.0155. The number of benzene rings is 2. The molecule has 1 heterocycles. The quantitative estimate of drug-likeness (QED) is 0.0106. The van der Waals surface area contributed by atoms with Crippen molar-refractivity contribution in [3.05, 3.63) is 71.8 Å². The number of nitrogens with one attached hydrogen (secondary N) is 5. The molecule has 1 aliphatic heterocycles. The van der Waals surface area contributed by atoms with Gasteiger partial charge in [0, 0.05) is 103 Å². The van der Waals surface area contributed by atoms with Crippen LogP contribution in [0.2, 0.25) is 0 Å². The number of ether oxygens (including phenoxy) is 3. The normalized spacial score (nSPS) is 11.9. The molecular weight excluding hydrogens is 1060 g/mol. The van der Waals surface area contributed by atoms with Crippen LogP contribution in [-0.2, 0) is 63.9 Å². The summed E-state index contributed by atoms with van der Waals surface area (Å²) in [6, 6.07) is 10.8. The Morgan fingerprint density at radius 2 is 1.05 bits per heavy atom. The van der Waals surface area contributed by atoms with Crippen molar-refractivity contribution in [2.45, 2.75) is 103 Å². The van der Waals surface area contributed by atoms with Crippen molar-refractivity contribution in [1.82, 2.24) is 46.7 Å². The van der Waals surface area contributed by atoms with Crippen LogP contribution < -0.4 is 41.8 Å². The van der Waals surface area contributed by atoms with Crippen molar-refractivity contribution >= 4 is 71.0 Å². The van der Waals surface area contributed by atoms with Gasteiger partial charge >= 0.3 is 11.9 Å². The number of nitrogens with two attached hydrogens (primary N) is 1. The SMILES string of the molecule is CC(=O)N(O)CCCCCNC(=O)CCC(=O)N(O)CCCCCNC(=O)CCC(=O)N(O)CCCCCNC(=O)COc1cccc(C(=O)NCC(=O)OC(=O)[C@@H](N)Cc2ccc(OCC(=O)NCCN3C(=O)C=CC3=O)cc2)c1. The first-order chi connectivity index (χ1) is 38.7. The largest absolute Gasteiger partial charge is 0.484 e. The maximum atomic E-state index is 12.7. The van der Waals surface area contributed by atoms with Gasteiger partial charge in [0.25, 0.3) is 29.5 Å². The number of rotatable bonds is 39. The van der Waals surface area contributed by atoms with Gasteiger partial charge in [-0.2, -0.15) is 0 Å². The first-order valence-electron chi connectivity index (χ1n) is 26.5. The molecule has 0 aliphatic carbocycles. The van der Waals surface area contributed by atoms with Crippen LogP contribution in [0, 0.1) is 0 Å². The predicted molar refractivity (Wildman–Crippen MR) is 283 cm³/mol. The lowest BCUT2D eigenvalue weighted by Crippen LogP contribution is -2.39. The van der Waals surface area contributed by atoms with Gasteiger partial charge in [-0.3, -0.25) is 68.5 Å². The van der Waals surface area contributed by atoms with E-state index < -0.39 is 71.8 Å². The smallest absolute Gasteiger partial charge is 0.333 e. The number of amides is 10. The number of carbonyl (C=O) groups is 12. The zero-order chi connectivity index (χ0) is 59.5. The molecule has 28 nitrogen and oxygen atoms in total. The highest BCUT2D eigenvalue weighted by Crippen LogP contribution is 2.15. The monoisotopic (exact) mass is 1140 g/mol. The fourth-order valence-electron chi connectivity index (χ4n) is 7.28. The van der Waals surface area contributed by atoms with Crippen LogP contribution in [0.15, 0.2) is 60.7 Å². The first kappa shape index (κ1) is 66.9. The molecular formula is C53H74N10O18. The Hall–Kier alpha value is -8.34. The summed E-state index contributed by atoms with van der Waals surface area (Å²) in [5.41, 5.74) is 6.61. The fraction of sp³-hybridized carbons (Fsp3) is 0.509. The Morgan fingerprint density at radius 3 is 1.57 bits per heavy atom. The molecule has 2 aromatic carbocycles. The Labute approximate surface area is 467 Å². The first-order valence-corrected chi connectivity index (χ1v) is 26.5. The molecule has 28 heteroatoms. The molecule has 0 spiro atoms. The Kier molecular flexibility index (Phi) is 31.0. The van der Waals surface area contributed by atoms with Gasteiger partial charge in [-0.25, -0.2) is 24.8 Å². The number of unbranched alkanes of at least 4 members (excludes halogenated alkanes) is 6. The van der Waals surface area contributed by atoms with Gasteiger partial charge in [0.1, 0.15) is 24.1 Å². The van der Waals surface area contributed by atoms with Crippen molar-refractivity contribution in [2.24, 2.45) is 5.73 Å². The summed E-state index contributed by atoms with van der Waals surface area (Å²) < 4.78 is 15.7. The standard InChI is InChI=1S/C53H74N10O18/c1-37(64)61(76)28-8-2-5-24-55-43(65)18-20-49(71)62(77)29-9-3-6-25-56-44(66)19-21-50(72)63(78)30-10-4-7-26-57-45(67)36-80-41-13-11-12-39(33-41)52(74)59-34-51(73)81-53(75)42(54)32-38-14-16-40(17-15-38)79-35-46(68)58-27-31-60-47(69)22-23-48(60)70/h11-17,22-23,33,42,76-78H,2-10,18-21,24-32,34-36,54H2,1H3,(H,55,65)(H,56,66)(H,57,67)(H,58,68)(H,59,74)/t42-/m0/s1. The molecule has 0 saturated heterocycles. The van der Waals surface area contributed by atoms with Crippen molar-refractivity contribution in [2.75, 3.05) is 72.1 Å². The second-order valence-corrected chi connectivity index (χ2v) is 18.5. The second kappa shape index (κ2) is 37.5. The molecule has 0 aromatic heterocycles. The van der Waals surface area contributed by atoms with Gasteiger partial charge in [-0.1, -0.05) is 18.2 Å². The lowest BCUT2D eigenvalue weighted by Gasteiger charge is -2.15. The van der Waals surface area contributed by atoms with Crippen LogP contribution in [0.3, 0.4) is 0 Å². The second-order valence-electron chi connectivity index (χ2n) is 18.5. The van der Waals surface area contributed by atoms with E-state index >= 15 is 0 Å². The molecule has 1 aliphatic rings. The number of carbonyl (C=O) groups excluding carboxylic acids is 12. The summed E-state index contributed by atoms with van der Waals surface area (Å²) in [7, 11) is 0. The topological polar surface area (TPSA) is 392 Å². The van der Waals surface area contributed by atoms with Crippen LogP contribution in [0.4, 0.5) is 0 Å². The van der Waals surface area contributed by atoms with E-state index in [0.717, 1.165) is 17.1 Å². The molecule has 3 rings (SSSR count). The number of hydrogen-bond donors (Lipinski definition) is 9. The zero-order valence-electron chi connectivity index (χ0n) is 45.4. The van der Waals surface area contributed by atoms with Gasteiger partial charge in [-0.15, -0.1) is 0 Å². The molecule has 10 amide bonds. The molecule has 0 radical (unpaired) electrons. The number of imide groups is 1. The lowest BCUT2D eigenvalue weighted by molar-refractivity contribution is -0.166. The van der Waals surface area contributed by atoms with Crippen LogP contribution >= 0.6 is 0 Å². The molecule has 1 atom stereocenters. The van der Waals surface area contributed by atoms with Crippen LogP contribution in [0.5, 0.6) is 11.5 Å². The third-order valence-electron chi connectivity index (χ3n) is 11.9. The minimum atomic E-state index is -1.24. The molecule has 0 saturated carbocycles. The summed E-state index contributed by atoms with van der Waals surface area (Å²) >= 11 is 0. The average Bonchev–Trinajstić information content (AvgIpc) is 3.78. The van der Waals surface area contributed by atoms with Crippen LogP contribution in [0.1, 0.15) is 106 Å². The highest BCUT2D eigenvalue weighted by molar-refractivity contribution is 6.12. The lowest BCUT2D eigenvalue weighted by atomic mass is 10.1. The highest BCUT2D eigenvalue weighted by atomic mass is 16.6. The van der Waals surface area contributed by atoms with Crippen molar-refractivity contribution < 1.29 is 87.4 Å². The molecule has 81 heavy (non-hydrogen) atoms. The number of hydrogen-bond acceptors (Lipinski definition) is 19. The van der Waals surface area contributed by atoms with E-state index in [0.29, 0.717) is 97.4 Å². The molecule has 10 N–H and O–H groups in total. The Balaban J connectivity index is 1.16. The Bertz CT molecular complexity index is 2470. The van der Waals surface area contributed by atoms with E-state index in [4.69, 9.17) is 19.9 Å². The molecule has 444 valence electrons. The summed E-state index contributed by atoms with van der Waals surface area (Å²) in [6.07, 6.45) is 6.61. The van der Waals surface area contributed by atoms with Crippen molar-refractivity contribution in [3.8, 4) is 11.5 Å². The van der Waals surface area contributed by atoms with Crippen LogP contribution in [-0.4, -0.2) is 185 Å². The number of esters is 2. The summed E-state index contributed by atoms with van der Waals surface area (Å²) in [6.45, 7) is 1.16. The molecule has 0 fully saturated rings. The third kappa shape index (κ3) is 28.4. The average molecular weight is 1140 g/mol. The van der Waals surface area contributed by atoms with Gasteiger partial charge in [0.2, 0.25) is 29.5 Å². The number of nitrogens with zero attached hydrogens (tertiary/aromatic N) is 4. The zero-order valence-corrected chi connectivity index (χ0v) is 45.4. The highest BCUT2D eigenvalue weighted by Gasteiger charge is 2.24. The van der Waals surface area contributed by atoms with E-state index in [1.165, 1.54) is 31.2 Å². The minimum Gasteiger partial charge on any atom is -0.484 e. The summed E-state index contributed by atoms with van der Waals surface area (Å²) in [5, 5.41) is 44.1. The van der Waals surface area contributed by atoms with Gasteiger partial charge in [0.05, 0.1) is 0 Å². The predicted octanol–water partition coefficient (Wildman–Crippen LogP) is -0.0518. The van der Waals surface area contributed by atoms with E-state index in [-0.39, 0.29) is 108 Å². The maximum Gasteiger partial charge on any atom is 0.333 e. The summed E-state index contributed by atoms with van der Waals surface area (Å²) in [5.74, 6) is -6.52. The number of hydroxylamine groups is 6. The van der Waals surface area contributed by atoms with Gasteiger partial charge in [-0.05, 0) is 100 Å². The van der Waals surface area contributed by atoms with Crippen molar-refractivity contribution in [1.29, 1.82) is 0 Å². The molecule has 0 bridgehead atoms. The van der Waals surface area contributed by atoms with Gasteiger partial charge in [0.15, 0.2) is 13.2 Å². The maximum absolute atomic E-state index is 12.7.